The van der Waals surface area contributed by atoms with E-state index in [1.807, 2.05) is 6.07 Å². The Morgan fingerprint density at radius 3 is 2.45 bits per heavy atom. The van der Waals surface area contributed by atoms with E-state index in [1.165, 1.54) is 35.0 Å². The first-order valence-electron chi connectivity index (χ1n) is 11.8. The van der Waals surface area contributed by atoms with Crippen molar-refractivity contribution in [2.24, 2.45) is 0 Å². The van der Waals surface area contributed by atoms with E-state index < -0.39 is 17.6 Å². The van der Waals surface area contributed by atoms with Gasteiger partial charge in [-0.1, -0.05) is 41.4 Å². The number of para-hydroxylation sites is 1. The number of rotatable bonds is 7. The number of amides is 2. The van der Waals surface area contributed by atoms with Crippen molar-refractivity contribution < 1.29 is 14.0 Å². The number of hydrogen-bond acceptors (Lipinski definition) is 6. The summed E-state index contributed by atoms with van der Waals surface area (Å²) in [4.78, 5) is 34.3. The second-order valence-electron chi connectivity index (χ2n) is 8.56. The predicted octanol–water partition coefficient (Wildman–Crippen LogP) is 5.54. The maximum Gasteiger partial charge on any atom is 0.272 e. The van der Waals surface area contributed by atoms with Crippen LogP contribution in [0.1, 0.15) is 26.4 Å². The van der Waals surface area contributed by atoms with Gasteiger partial charge in [0.2, 0.25) is 0 Å². The van der Waals surface area contributed by atoms with Crippen LogP contribution in [0.2, 0.25) is 10.0 Å². The molecule has 3 aromatic heterocycles. The Morgan fingerprint density at radius 1 is 0.925 bits per heavy atom. The van der Waals surface area contributed by atoms with Crippen molar-refractivity contribution in [1.82, 2.24) is 25.1 Å². The minimum atomic E-state index is -0.582. The maximum absolute atomic E-state index is 13.4. The number of carbonyl (C=O) groups is 2. The Balaban J connectivity index is 1.44. The average molecular weight is 576 g/mol. The van der Waals surface area contributed by atoms with Gasteiger partial charge in [0, 0.05) is 24.4 Å². The summed E-state index contributed by atoms with van der Waals surface area (Å²) in [7, 11) is 0. The first kappa shape index (κ1) is 26.8. The minimum absolute atomic E-state index is 0.0691. The average Bonchev–Trinajstić information content (AvgIpc) is 3.36. The number of pyridine rings is 2. The van der Waals surface area contributed by atoms with E-state index in [4.69, 9.17) is 28.9 Å². The molecule has 5 rings (SSSR count). The Hall–Kier alpha value is -4.80. The zero-order valence-electron chi connectivity index (χ0n) is 20.6. The van der Waals surface area contributed by atoms with Crippen LogP contribution in [0.25, 0.3) is 16.9 Å². The molecular weight excluding hydrogens is 556 g/mol. The second-order valence-corrected chi connectivity index (χ2v) is 9.38. The number of nitrogens with zero attached hydrogens (tertiary/aromatic N) is 4. The molecule has 0 aliphatic carbocycles. The maximum atomic E-state index is 13.4. The lowest BCUT2D eigenvalue weighted by Crippen LogP contribution is -2.23. The van der Waals surface area contributed by atoms with E-state index in [0.717, 1.165) is 11.8 Å². The molecule has 2 aromatic carbocycles. The van der Waals surface area contributed by atoms with E-state index in [9.17, 15) is 14.0 Å². The van der Waals surface area contributed by atoms with Crippen LogP contribution >= 0.6 is 23.2 Å². The van der Waals surface area contributed by atoms with E-state index in [1.54, 1.807) is 42.6 Å². The molecule has 9 nitrogen and oxygen atoms in total. The minimum Gasteiger partial charge on any atom is -0.384 e. The van der Waals surface area contributed by atoms with Crippen molar-refractivity contribution in [3.63, 3.8) is 0 Å². The lowest BCUT2D eigenvalue weighted by atomic mass is 10.1. The van der Waals surface area contributed by atoms with Crippen LogP contribution in [0.15, 0.2) is 85.2 Å². The molecule has 0 radical (unpaired) electrons. The molecule has 40 heavy (non-hydrogen) atoms. The number of carbonyl (C=O) groups excluding carboxylic acids is 2. The summed E-state index contributed by atoms with van der Waals surface area (Å²) >= 11 is 12.7. The van der Waals surface area contributed by atoms with Gasteiger partial charge in [0.05, 0.1) is 33.2 Å². The smallest absolute Gasteiger partial charge is 0.272 e. The molecule has 3 heterocycles. The third-order valence-corrected chi connectivity index (χ3v) is 6.41. The molecule has 200 valence electrons. The molecule has 0 aliphatic rings. The number of nitrogens with one attached hydrogen (secondary N) is 2. The molecule has 0 aliphatic heterocycles. The van der Waals surface area contributed by atoms with Crippen molar-refractivity contribution in [3.8, 4) is 16.9 Å². The van der Waals surface area contributed by atoms with Crippen molar-refractivity contribution in [1.29, 1.82) is 0 Å². The summed E-state index contributed by atoms with van der Waals surface area (Å²) in [6.45, 7) is 0.200. The van der Waals surface area contributed by atoms with E-state index >= 15 is 0 Å². The van der Waals surface area contributed by atoms with Crippen LogP contribution < -0.4 is 16.4 Å². The lowest BCUT2D eigenvalue weighted by Gasteiger charge is -2.12. The summed E-state index contributed by atoms with van der Waals surface area (Å²) in [5, 5.41) is 10.3. The molecule has 12 heteroatoms. The summed E-state index contributed by atoms with van der Waals surface area (Å²) in [6, 6.07) is 19.4. The second kappa shape index (κ2) is 11.5. The number of benzene rings is 2. The Kier molecular flexibility index (Phi) is 7.72. The van der Waals surface area contributed by atoms with E-state index in [2.05, 4.69) is 25.7 Å². The van der Waals surface area contributed by atoms with Crippen molar-refractivity contribution >= 4 is 46.7 Å². The van der Waals surface area contributed by atoms with Gasteiger partial charge in [-0.2, -0.15) is 5.10 Å². The summed E-state index contributed by atoms with van der Waals surface area (Å²) in [5.74, 6) is -0.992. The van der Waals surface area contributed by atoms with Gasteiger partial charge in [0.25, 0.3) is 11.8 Å². The van der Waals surface area contributed by atoms with Crippen molar-refractivity contribution in [3.05, 3.63) is 118 Å². The number of nitrogen functional groups attached to an aromatic ring is 1. The van der Waals surface area contributed by atoms with Gasteiger partial charge in [-0.15, -0.1) is 0 Å². The van der Waals surface area contributed by atoms with Gasteiger partial charge in [0.15, 0.2) is 5.69 Å². The van der Waals surface area contributed by atoms with Crippen LogP contribution in [0.3, 0.4) is 0 Å². The highest BCUT2D eigenvalue weighted by Crippen LogP contribution is 2.32. The molecule has 5 aromatic rings. The number of anilines is 2. The first-order chi connectivity index (χ1) is 19.3. The van der Waals surface area contributed by atoms with E-state index in [-0.39, 0.29) is 33.7 Å². The lowest BCUT2D eigenvalue weighted by molar-refractivity contribution is 0.0944. The molecule has 0 spiro atoms. The normalized spacial score (nSPS) is 10.8. The Bertz CT molecular complexity index is 1710. The predicted molar refractivity (Wildman–Crippen MR) is 151 cm³/mol. The summed E-state index contributed by atoms with van der Waals surface area (Å²) in [5.41, 5.74) is 8.00. The molecular formula is C28H20Cl2FN7O2. The van der Waals surface area contributed by atoms with Crippen LogP contribution in [-0.2, 0) is 6.54 Å². The standard InChI is InChI=1S/C28H20Cl2FN7O2/c29-21-12-22(30)20(11-19(21)23-7-6-17(31)15-34-23)27(39)36-26-13-24(37-38(26)18-4-2-1-3-5-18)28(40)35-14-16-8-9-33-25(32)10-16/h1-13,15H,14H2,(H2,32,33)(H,35,40)(H,36,39). The first-order valence-corrected chi connectivity index (χ1v) is 12.6. The Labute approximate surface area is 237 Å². The Morgan fingerprint density at radius 2 is 1.73 bits per heavy atom. The van der Waals surface area contributed by atoms with Crippen LogP contribution in [0.5, 0.6) is 0 Å². The number of halogens is 3. The van der Waals surface area contributed by atoms with Crippen molar-refractivity contribution in [2.75, 3.05) is 11.1 Å². The number of nitrogens with two attached hydrogens (primary N) is 1. The molecule has 4 N–H and O–H groups in total. The highest BCUT2D eigenvalue weighted by atomic mass is 35.5. The van der Waals surface area contributed by atoms with Crippen LogP contribution in [-0.4, -0.2) is 31.6 Å². The topological polar surface area (TPSA) is 128 Å². The van der Waals surface area contributed by atoms with Gasteiger partial charge >= 0.3 is 0 Å². The fourth-order valence-corrected chi connectivity index (χ4v) is 4.43. The van der Waals surface area contributed by atoms with Gasteiger partial charge in [-0.05, 0) is 54.1 Å². The fourth-order valence-electron chi connectivity index (χ4n) is 3.86. The zero-order chi connectivity index (χ0) is 28.2. The molecule has 0 atom stereocenters. The quantitative estimate of drug-likeness (QED) is 0.234. The molecule has 0 saturated carbocycles. The molecule has 2 amide bonds. The monoisotopic (exact) mass is 575 g/mol. The van der Waals surface area contributed by atoms with Gasteiger partial charge in [-0.25, -0.2) is 14.1 Å². The molecule has 0 unspecified atom stereocenters. The summed E-state index contributed by atoms with van der Waals surface area (Å²) < 4.78 is 14.8. The third kappa shape index (κ3) is 5.93. The molecule has 0 fully saturated rings. The van der Waals surface area contributed by atoms with Gasteiger partial charge in [0.1, 0.15) is 17.5 Å². The van der Waals surface area contributed by atoms with Crippen molar-refractivity contribution in [2.45, 2.75) is 6.54 Å². The number of hydrogen-bond donors (Lipinski definition) is 3. The molecule has 0 bridgehead atoms. The molecule has 0 saturated heterocycles. The van der Waals surface area contributed by atoms with Crippen LogP contribution in [0.4, 0.5) is 16.0 Å². The highest BCUT2D eigenvalue weighted by Gasteiger charge is 2.21. The fraction of sp³-hybridized carbons (Fsp3) is 0.0357. The summed E-state index contributed by atoms with van der Waals surface area (Å²) in [6.07, 6.45) is 2.60. The third-order valence-electron chi connectivity index (χ3n) is 5.79. The number of aromatic nitrogens is 4. The zero-order valence-corrected chi connectivity index (χ0v) is 22.1. The largest absolute Gasteiger partial charge is 0.384 e. The van der Waals surface area contributed by atoms with Crippen LogP contribution in [0, 0.1) is 5.82 Å². The van der Waals surface area contributed by atoms with E-state index in [0.29, 0.717) is 22.8 Å². The SMILES string of the molecule is Nc1cc(CNC(=O)c2cc(NC(=O)c3cc(-c4ccc(F)cn4)c(Cl)cc3Cl)n(-c3ccccc3)n2)ccn1. The van der Waals surface area contributed by atoms with Gasteiger partial charge < -0.3 is 16.4 Å². The highest BCUT2D eigenvalue weighted by molar-refractivity contribution is 6.38. The van der Waals surface area contributed by atoms with Gasteiger partial charge in [-0.3, -0.25) is 14.6 Å².